The van der Waals surface area contributed by atoms with Crippen LogP contribution in [0, 0.1) is 10.1 Å². The summed E-state index contributed by atoms with van der Waals surface area (Å²) >= 11 is 0. The van der Waals surface area contributed by atoms with Crippen LogP contribution < -0.4 is 9.46 Å². The smallest absolute Gasteiger partial charge is 1.00 e. The summed E-state index contributed by atoms with van der Waals surface area (Å²) in [5.74, 6) is 0.210. The van der Waals surface area contributed by atoms with Crippen LogP contribution in [0.15, 0.2) is 18.2 Å². The molecule has 2 rings (SSSR count). The first-order valence-corrected chi connectivity index (χ1v) is 8.67. The molecule has 1 aliphatic carbocycles. The van der Waals surface area contributed by atoms with Gasteiger partial charge in [0.25, 0.3) is 5.69 Å². The maximum Gasteiger partial charge on any atom is 2.00 e. The molecule has 1 saturated carbocycles. The van der Waals surface area contributed by atoms with Gasteiger partial charge in [-0.3, -0.25) is 14.8 Å². The number of ether oxygens (including phenoxy) is 1. The number of nitrogens with one attached hydrogen (secondary N) is 1. The largest absolute Gasteiger partial charge is 2.00 e. The summed E-state index contributed by atoms with van der Waals surface area (Å²) in [5.41, 5.74) is 0.105. The van der Waals surface area contributed by atoms with Crippen LogP contribution in [0.2, 0.25) is 0 Å². The molecule has 0 aliphatic heterocycles. The maximum atomic E-state index is 11.4. The topological polar surface area (TPSA) is 98.5 Å². The first kappa shape index (κ1) is 19.5. The minimum absolute atomic E-state index is 0. The molecule has 22 heavy (non-hydrogen) atoms. The zero-order chi connectivity index (χ0) is 15.5. The summed E-state index contributed by atoms with van der Waals surface area (Å²) in [6.45, 7) is 0. The molecule has 1 N–H and O–H groups in total. The molecule has 1 aromatic carbocycles. The van der Waals surface area contributed by atoms with Gasteiger partial charge < -0.3 is 7.59 Å². The molecule has 0 unspecified atom stereocenters. The maximum absolute atomic E-state index is 11.4. The summed E-state index contributed by atoms with van der Waals surface area (Å²) in [4.78, 5) is 10.3. The van der Waals surface area contributed by atoms with Crippen molar-refractivity contribution in [1.29, 1.82) is 0 Å². The van der Waals surface area contributed by atoms with Crippen LogP contribution in [0.1, 0.15) is 35.0 Å². The Bertz CT molecular complexity index is 639. The van der Waals surface area contributed by atoms with Gasteiger partial charge in [-0.1, -0.05) is 6.42 Å². The van der Waals surface area contributed by atoms with E-state index in [4.69, 9.17) is 4.74 Å². The van der Waals surface area contributed by atoms with Gasteiger partial charge in [-0.15, -0.1) is 0 Å². The Kier molecular flexibility index (Phi) is 7.37. The van der Waals surface area contributed by atoms with Crippen LogP contribution in [-0.2, 0) is 10.0 Å². The van der Waals surface area contributed by atoms with E-state index in [1.165, 1.54) is 18.2 Å². The van der Waals surface area contributed by atoms with E-state index in [1.54, 1.807) is 0 Å². The van der Waals surface area contributed by atoms with Gasteiger partial charge in [0.05, 0.1) is 29.0 Å². The van der Waals surface area contributed by atoms with Crippen molar-refractivity contribution in [2.45, 2.75) is 38.2 Å². The molecule has 0 radical (unpaired) electrons. The number of sulfonamides is 1. The Morgan fingerprint density at radius 3 is 2.50 bits per heavy atom. The van der Waals surface area contributed by atoms with E-state index < -0.39 is 14.9 Å². The molecule has 1 aliphatic rings. The predicted molar refractivity (Wildman–Crippen MR) is 87.0 cm³/mol. The molecule has 0 atom stereocenters. The van der Waals surface area contributed by atoms with E-state index in [0.29, 0.717) is 0 Å². The van der Waals surface area contributed by atoms with Crippen molar-refractivity contribution in [3.05, 3.63) is 28.3 Å². The summed E-state index contributed by atoms with van der Waals surface area (Å²) in [5, 5.41) is 10.9. The van der Waals surface area contributed by atoms with Gasteiger partial charge in [-0.05, 0) is 31.7 Å². The van der Waals surface area contributed by atoms with Crippen LogP contribution in [0.3, 0.4) is 0 Å². The van der Waals surface area contributed by atoms with Crippen LogP contribution >= 0.6 is 0 Å². The van der Waals surface area contributed by atoms with Crippen LogP contribution in [0.4, 0.5) is 11.4 Å². The van der Waals surface area contributed by atoms with Crippen molar-refractivity contribution < 1.29 is 20.9 Å². The van der Waals surface area contributed by atoms with Gasteiger partial charge in [0.1, 0.15) is 0 Å². The van der Waals surface area contributed by atoms with Crippen molar-refractivity contribution in [1.82, 2.24) is 0 Å². The number of nitro groups is 1. The summed E-state index contributed by atoms with van der Waals surface area (Å²) in [6, 6.07) is 3.88. The molecular formula is C13H20CaN2O5S. The molecule has 0 bridgehead atoms. The molecule has 120 valence electrons. The van der Waals surface area contributed by atoms with Crippen LogP contribution in [-0.4, -0.2) is 63.4 Å². The molecule has 1 fully saturated rings. The number of nitrogens with zero attached hydrogens (tertiary/aromatic N) is 1. The Morgan fingerprint density at radius 1 is 1.32 bits per heavy atom. The number of anilines is 1. The zero-order valence-electron chi connectivity index (χ0n) is 14.4. The number of non-ortho nitro benzene ring substituents is 1. The average Bonchev–Trinajstić information content (AvgIpc) is 2.40. The third kappa shape index (κ3) is 5.91. The molecule has 0 spiro atoms. The fraction of sp³-hybridized carbons (Fsp3) is 0.538. The number of hydrogen-bond donors (Lipinski definition) is 1. The number of benzene rings is 1. The predicted octanol–water partition coefficient (Wildman–Crippen LogP) is 2.52. The first-order chi connectivity index (χ1) is 9.85. The fourth-order valence-electron chi connectivity index (χ4n) is 2.37. The normalized spacial score (nSPS) is 15.7. The van der Waals surface area contributed by atoms with Crippen LogP contribution in [0.5, 0.6) is 5.75 Å². The third-order valence-electron chi connectivity index (χ3n) is 3.32. The van der Waals surface area contributed by atoms with E-state index in [9.17, 15) is 18.5 Å². The van der Waals surface area contributed by atoms with Crippen molar-refractivity contribution in [3.63, 3.8) is 0 Å². The minimum Gasteiger partial charge on any atom is -1.00 e. The number of rotatable bonds is 5. The Labute approximate surface area is 162 Å². The molecule has 0 amide bonds. The van der Waals surface area contributed by atoms with Crippen molar-refractivity contribution in [2.75, 3.05) is 11.0 Å². The van der Waals surface area contributed by atoms with Crippen LogP contribution in [0.25, 0.3) is 0 Å². The second-order valence-electron chi connectivity index (χ2n) is 5.19. The SMILES string of the molecule is CS(=O)(=O)Nc1ccc([N+](=O)[O-])cc1OC1CCCCC1.[Ca+2].[H-].[H-]. The molecule has 9 heteroatoms. The molecule has 0 saturated heterocycles. The summed E-state index contributed by atoms with van der Waals surface area (Å²) in [7, 11) is -3.47. The van der Waals surface area contributed by atoms with Gasteiger partial charge in [0.2, 0.25) is 10.0 Å². The monoisotopic (exact) mass is 356 g/mol. The second kappa shape index (κ2) is 8.33. The van der Waals surface area contributed by atoms with Crippen molar-refractivity contribution >= 4 is 59.1 Å². The van der Waals surface area contributed by atoms with Gasteiger partial charge in [0, 0.05) is 6.07 Å². The van der Waals surface area contributed by atoms with Gasteiger partial charge in [-0.25, -0.2) is 8.42 Å². The van der Waals surface area contributed by atoms with Gasteiger partial charge >= 0.3 is 37.7 Å². The summed E-state index contributed by atoms with van der Waals surface area (Å²) in [6.07, 6.45) is 6.01. The quantitative estimate of drug-likeness (QED) is 0.496. The second-order valence-corrected chi connectivity index (χ2v) is 6.94. The standard InChI is InChI=1S/C13H18N2O5S.Ca.2H/c1-21(18,19)14-12-8-7-10(15(16)17)9-13(12)20-11-5-3-2-4-6-11;;;/h7-9,11,14H,2-6H2,1H3;;;/q;+2;2*-1. The fourth-order valence-corrected chi connectivity index (χ4v) is 2.94. The first-order valence-electron chi connectivity index (χ1n) is 6.78. The molecular weight excluding hydrogens is 336 g/mol. The number of hydrogen-bond acceptors (Lipinski definition) is 5. The molecule has 0 aromatic heterocycles. The Hall–Kier alpha value is -0.570. The third-order valence-corrected chi connectivity index (χ3v) is 3.91. The van der Waals surface area contributed by atoms with E-state index in [-0.39, 0.29) is 63.8 Å². The van der Waals surface area contributed by atoms with Crippen molar-refractivity contribution in [2.24, 2.45) is 0 Å². The molecule has 0 heterocycles. The zero-order valence-corrected chi connectivity index (χ0v) is 15.5. The number of nitro benzene ring substituents is 1. The molecule has 7 nitrogen and oxygen atoms in total. The minimum atomic E-state index is -3.47. The van der Waals surface area contributed by atoms with E-state index in [2.05, 4.69) is 4.72 Å². The molecule has 1 aromatic rings. The Balaban J connectivity index is 0. The van der Waals surface area contributed by atoms with Gasteiger partial charge in [0.15, 0.2) is 5.75 Å². The van der Waals surface area contributed by atoms with Gasteiger partial charge in [-0.2, -0.15) is 0 Å². The van der Waals surface area contributed by atoms with Crippen molar-refractivity contribution in [3.8, 4) is 5.75 Å². The Morgan fingerprint density at radius 2 is 1.95 bits per heavy atom. The van der Waals surface area contributed by atoms with E-state index in [1.807, 2.05) is 0 Å². The average molecular weight is 356 g/mol. The van der Waals surface area contributed by atoms with E-state index >= 15 is 0 Å². The summed E-state index contributed by atoms with van der Waals surface area (Å²) < 4.78 is 30.8. The van der Waals surface area contributed by atoms with E-state index in [0.717, 1.165) is 38.4 Å².